The van der Waals surface area contributed by atoms with Gasteiger partial charge >= 0.3 is 0 Å². The predicted octanol–water partition coefficient (Wildman–Crippen LogP) is 1.84. The van der Waals surface area contributed by atoms with E-state index in [-0.39, 0.29) is 5.91 Å². The minimum atomic E-state index is -0.350. The average molecular weight is 269 g/mol. The number of nitrogen functional groups attached to an aromatic ring is 1. The van der Waals surface area contributed by atoms with Crippen LogP contribution in [0.15, 0.2) is 5.38 Å². The van der Waals surface area contributed by atoms with Crippen LogP contribution in [0.1, 0.15) is 48.1 Å². The first-order valence-electron chi connectivity index (χ1n) is 6.26. The zero-order chi connectivity index (χ0) is 13.0. The molecule has 1 heterocycles. The van der Waals surface area contributed by atoms with Gasteiger partial charge in [0.1, 0.15) is 0 Å². The molecule has 3 N–H and O–H groups in total. The van der Waals surface area contributed by atoms with Crippen molar-refractivity contribution in [3.63, 3.8) is 0 Å². The Morgan fingerprint density at radius 3 is 3.22 bits per heavy atom. The molecule has 0 radical (unpaired) electrons. The minimum absolute atomic E-state index is 0.335. The third-order valence-electron chi connectivity index (χ3n) is 3.23. The van der Waals surface area contributed by atoms with Crippen molar-refractivity contribution in [3.8, 4) is 0 Å². The van der Waals surface area contributed by atoms with Crippen LogP contribution in [0.25, 0.3) is 0 Å². The fourth-order valence-electron chi connectivity index (χ4n) is 2.27. The summed E-state index contributed by atoms with van der Waals surface area (Å²) in [6.07, 6.45) is 5.13. The molecule has 18 heavy (non-hydrogen) atoms. The first kappa shape index (κ1) is 13.5. The summed E-state index contributed by atoms with van der Waals surface area (Å²) in [4.78, 5) is 15.4. The van der Waals surface area contributed by atoms with Gasteiger partial charge in [0.25, 0.3) is 5.91 Å². The number of hydrazine groups is 1. The molecule has 2 atom stereocenters. The summed E-state index contributed by atoms with van der Waals surface area (Å²) >= 11 is 1.29. The van der Waals surface area contributed by atoms with Crippen LogP contribution >= 0.6 is 11.3 Å². The summed E-state index contributed by atoms with van der Waals surface area (Å²) in [5.41, 5.74) is 2.88. The Hall–Kier alpha value is -0.980. The number of nitrogens with zero attached hydrogens (tertiary/aromatic N) is 1. The number of thiazole rings is 1. The number of nitrogens with one attached hydrogen (secondary N) is 1. The topological polar surface area (TPSA) is 77.2 Å². The third-order valence-corrected chi connectivity index (χ3v) is 4.12. The lowest BCUT2D eigenvalue weighted by atomic mass is 9.89. The van der Waals surface area contributed by atoms with E-state index in [0.29, 0.717) is 17.7 Å². The van der Waals surface area contributed by atoms with Gasteiger partial charge in [-0.25, -0.2) is 10.8 Å². The Balaban J connectivity index is 1.82. The van der Waals surface area contributed by atoms with Crippen LogP contribution in [0.3, 0.4) is 0 Å². The van der Waals surface area contributed by atoms with E-state index in [4.69, 9.17) is 10.6 Å². The van der Waals surface area contributed by atoms with Crippen molar-refractivity contribution in [1.82, 2.24) is 10.4 Å². The quantitative estimate of drug-likeness (QED) is 0.497. The molecule has 0 aliphatic heterocycles. The summed E-state index contributed by atoms with van der Waals surface area (Å²) in [6, 6.07) is 0. The van der Waals surface area contributed by atoms with E-state index in [0.717, 1.165) is 24.5 Å². The van der Waals surface area contributed by atoms with E-state index in [1.54, 1.807) is 0 Å². The Labute approximate surface area is 111 Å². The van der Waals surface area contributed by atoms with Crippen LogP contribution in [-0.2, 0) is 11.3 Å². The molecule has 1 aliphatic carbocycles. The number of nitrogens with two attached hydrogens (primary N) is 1. The molecule has 1 aromatic heterocycles. The smallest absolute Gasteiger partial charge is 0.294 e. The van der Waals surface area contributed by atoms with Crippen LogP contribution in [-0.4, -0.2) is 17.0 Å². The zero-order valence-electron chi connectivity index (χ0n) is 10.5. The number of carbonyl (C=O) groups is 1. The zero-order valence-corrected chi connectivity index (χ0v) is 11.3. The van der Waals surface area contributed by atoms with Gasteiger partial charge in [0.05, 0.1) is 18.4 Å². The molecule has 0 spiro atoms. The van der Waals surface area contributed by atoms with Crippen LogP contribution < -0.4 is 11.3 Å². The third kappa shape index (κ3) is 3.51. The highest BCUT2D eigenvalue weighted by molar-refractivity contribution is 7.11. The molecule has 6 heteroatoms. The number of rotatable bonds is 4. The second-order valence-electron chi connectivity index (χ2n) is 4.82. The standard InChI is InChI=1S/C12H19N3O2S/c1-8-3-2-4-10(5-8)17-6-9-7-18-12(14-9)11(16)15-13/h7-8,10H,2-6,13H2,1H3,(H,15,16). The van der Waals surface area contributed by atoms with E-state index >= 15 is 0 Å². The van der Waals surface area contributed by atoms with Gasteiger partial charge in [-0.3, -0.25) is 10.2 Å². The van der Waals surface area contributed by atoms with Crippen molar-refractivity contribution in [2.45, 2.75) is 45.3 Å². The number of amides is 1. The molecule has 0 aromatic carbocycles. The summed E-state index contributed by atoms with van der Waals surface area (Å²) in [7, 11) is 0. The van der Waals surface area contributed by atoms with Crippen molar-refractivity contribution >= 4 is 17.2 Å². The van der Waals surface area contributed by atoms with Gasteiger partial charge in [-0.2, -0.15) is 0 Å². The van der Waals surface area contributed by atoms with Gasteiger partial charge < -0.3 is 4.74 Å². The first-order chi connectivity index (χ1) is 8.69. The highest BCUT2D eigenvalue weighted by atomic mass is 32.1. The SMILES string of the molecule is CC1CCCC(OCc2csc(C(=O)NN)n2)C1. The Kier molecular flexibility index (Phi) is 4.68. The van der Waals surface area contributed by atoms with Gasteiger partial charge in [-0.15, -0.1) is 11.3 Å². The molecule has 1 amide bonds. The van der Waals surface area contributed by atoms with Crippen LogP contribution in [0.4, 0.5) is 0 Å². The number of aromatic nitrogens is 1. The largest absolute Gasteiger partial charge is 0.372 e. The number of carbonyl (C=O) groups excluding carboxylic acids is 1. The van der Waals surface area contributed by atoms with Crippen LogP contribution in [0, 0.1) is 5.92 Å². The number of hydrogen-bond acceptors (Lipinski definition) is 5. The van der Waals surface area contributed by atoms with Crippen LogP contribution in [0.2, 0.25) is 0 Å². The van der Waals surface area contributed by atoms with E-state index in [1.165, 1.54) is 24.2 Å². The van der Waals surface area contributed by atoms with Gasteiger partial charge in [0.15, 0.2) is 5.01 Å². The summed E-state index contributed by atoms with van der Waals surface area (Å²) in [6.45, 7) is 2.74. The maximum absolute atomic E-state index is 11.2. The van der Waals surface area contributed by atoms with Gasteiger partial charge in [0.2, 0.25) is 0 Å². The van der Waals surface area contributed by atoms with E-state index in [9.17, 15) is 4.79 Å². The second-order valence-corrected chi connectivity index (χ2v) is 5.68. The maximum atomic E-state index is 11.2. The van der Waals surface area contributed by atoms with Crippen molar-refractivity contribution < 1.29 is 9.53 Å². The highest BCUT2D eigenvalue weighted by Gasteiger charge is 2.19. The molecule has 1 aliphatic rings. The molecule has 1 saturated carbocycles. The molecule has 0 saturated heterocycles. The lowest BCUT2D eigenvalue weighted by Crippen LogP contribution is -2.29. The fraction of sp³-hybridized carbons (Fsp3) is 0.667. The van der Waals surface area contributed by atoms with E-state index in [1.807, 2.05) is 5.38 Å². The summed E-state index contributed by atoms with van der Waals surface area (Å²) in [5.74, 6) is 5.45. The Morgan fingerprint density at radius 1 is 1.67 bits per heavy atom. The molecule has 100 valence electrons. The van der Waals surface area contributed by atoms with Crippen molar-refractivity contribution in [3.05, 3.63) is 16.1 Å². The number of hydrogen-bond donors (Lipinski definition) is 2. The molecule has 2 unspecified atom stereocenters. The highest BCUT2D eigenvalue weighted by Crippen LogP contribution is 2.26. The van der Waals surface area contributed by atoms with E-state index < -0.39 is 0 Å². The maximum Gasteiger partial charge on any atom is 0.294 e. The lowest BCUT2D eigenvalue weighted by molar-refractivity contribution is 0.00338. The van der Waals surface area contributed by atoms with Crippen LogP contribution in [0.5, 0.6) is 0 Å². The minimum Gasteiger partial charge on any atom is -0.372 e. The molecular weight excluding hydrogens is 250 g/mol. The summed E-state index contributed by atoms with van der Waals surface area (Å²) < 4.78 is 5.85. The molecule has 1 fully saturated rings. The summed E-state index contributed by atoms with van der Waals surface area (Å²) in [5, 5.41) is 2.23. The predicted molar refractivity (Wildman–Crippen MR) is 70.0 cm³/mol. The second kappa shape index (κ2) is 6.26. The number of ether oxygens (including phenoxy) is 1. The normalized spacial score (nSPS) is 23.9. The Morgan fingerprint density at radius 2 is 2.50 bits per heavy atom. The van der Waals surface area contributed by atoms with E-state index in [2.05, 4.69) is 17.3 Å². The fourth-order valence-corrected chi connectivity index (χ4v) is 2.98. The molecule has 1 aromatic rings. The molecule has 0 bridgehead atoms. The Bertz CT molecular complexity index is 408. The molecule has 2 rings (SSSR count). The van der Waals surface area contributed by atoms with Gasteiger partial charge in [-0.05, 0) is 18.8 Å². The van der Waals surface area contributed by atoms with Crippen molar-refractivity contribution in [2.24, 2.45) is 11.8 Å². The monoisotopic (exact) mass is 269 g/mol. The van der Waals surface area contributed by atoms with Gasteiger partial charge in [0, 0.05) is 5.38 Å². The van der Waals surface area contributed by atoms with Crippen molar-refractivity contribution in [2.75, 3.05) is 0 Å². The molecular formula is C12H19N3O2S. The average Bonchev–Trinajstić information content (AvgIpc) is 2.84. The van der Waals surface area contributed by atoms with Crippen molar-refractivity contribution in [1.29, 1.82) is 0 Å². The first-order valence-corrected chi connectivity index (χ1v) is 7.14. The lowest BCUT2D eigenvalue weighted by Gasteiger charge is -2.26. The molecule has 5 nitrogen and oxygen atoms in total. The van der Waals surface area contributed by atoms with Gasteiger partial charge in [-0.1, -0.05) is 19.8 Å².